The van der Waals surface area contributed by atoms with Gasteiger partial charge in [-0.1, -0.05) is 96.3 Å². The van der Waals surface area contributed by atoms with E-state index in [1.165, 1.54) is 17.2 Å². The molecular formula is C21H18N2O2S3. The van der Waals surface area contributed by atoms with Crippen molar-refractivity contribution in [2.75, 3.05) is 0 Å². The van der Waals surface area contributed by atoms with Crippen LogP contribution in [0.3, 0.4) is 0 Å². The third kappa shape index (κ3) is 6.44. The second-order valence-electron chi connectivity index (χ2n) is 5.72. The molecular weight excluding hydrogens is 408 g/mol. The van der Waals surface area contributed by atoms with Crippen molar-refractivity contribution in [1.29, 1.82) is 0 Å². The lowest BCUT2D eigenvalue weighted by Crippen LogP contribution is -1.91. The topological polar surface area (TPSA) is 55.5 Å². The van der Waals surface area contributed by atoms with Crippen LogP contribution in [0.25, 0.3) is 0 Å². The lowest BCUT2D eigenvalue weighted by atomic mass is 10.2. The molecule has 0 aliphatic rings. The van der Waals surface area contributed by atoms with Crippen molar-refractivity contribution in [2.24, 2.45) is 4.40 Å². The molecule has 0 spiro atoms. The van der Waals surface area contributed by atoms with Crippen LogP contribution in [0.15, 0.2) is 94.2 Å². The number of nitro groups is 1. The minimum absolute atomic E-state index is 0.0803. The van der Waals surface area contributed by atoms with Crippen LogP contribution in [-0.4, -0.2) is 9.30 Å². The summed E-state index contributed by atoms with van der Waals surface area (Å²) in [7, 11) is 0. The summed E-state index contributed by atoms with van der Waals surface area (Å²) in [6.07, 6.45) is 0. The molecule has 0 N–H and O–H groups in total. The lowest BCUT2D eigenvalue weighted by Gasteiger charge is -2.07. The third-order valence-corrected chi connectivity index (χ3v) is 7.08. The van der Waals surface area contributed by atoms with Gasteiger partial charge in [0.1, 0.15) is 9.27 Å². The van der Waals surface area contributed by atoms with Gasteiger partial charge in [0, 0.05) is 29.5 Å². The van der Waals surface area contributed by atoms with Crippen molar-refractivity contribution >= 4 is 45.5 Å². The Balaban J connectivity index is 1.72. The van der Waals surface area contributed by atoms with Crippen LogP contribution in [0.4, 0.5) is 5.69 Å². The minimum Gasteiger partial charge on any atom is -0.258 e. The summed E-state index contributed by atoms with van der Waals surface area (Å²) < 4.78 is 5.52. The van der Waals surface area contributed by atoms with E-state index >= 15 is 0 Å². The summed E-state index contributed by atoms with van der Waals surface area (Å²) in [5.74, 6) is 1.61. The third-order valence-electron chi connectivity index (χ3n) is 3.69. The summed E-state index contributed by atoms with van der Waals surface area (Å²) in [6.45, 7) is 0. The Morgan fingerprint density at radius 3 is 1.82 bits per heavy atom. The molecule has 3 rings (SSSR count). The number of benzene rings is 3. The van der Waals surface area contributed by atoms with Crippen LogP contribution in [0.2, 0.25) is 0 Å². The zero-order valence-corrected chi connectivity index (χ0v) is 17.4. The number of hydrogen-bond acceptors (Lipinski definition) is 6. The predicted octanol–water partition coefficient (Wildman–Crippen LogP) is 6.82. The predicted molar refractivity (Wildman–Crippen MR) is 122 cm³/mol. The Labute approximate surface area is 177 Å². The fraction of sp³-hybridized carbons (Fsp3) is 0.0952. The van der Waals surface area contributed by atoms with Crippen LogP contribution < -0.4 is 0 Å². The number of para-hydroxylation sites is 1. The molecule has 4 nitrogen and oxygen atoms in total. The molecule has 0 amide bonds. The molecule has 0 heterocycles. The van der Waals surface area contributed by atoms with Crippen LogP contribution in [0, 0.1) is 10.1 Å². The molecule has 3 aromatic rings. The summed E-state index contributed by atoms with van der Waals surface area (Å²) in [5.41, 5.74) is 2.52. The van der Waals surface area contributed by atoms with Gasteiger partial charge in [-0.25, -0.2) is 0 Å². The van der Waals surface area contributed by atoms with Crippen LogP contribution in [0.1, 0.15) is 11.1 Å². The van der Waals surface area contributed by atoms with Crippen molar-refractivity contribution < 1.29 is 4.92 Å². The summed E-state index contributed by atoms with van der Waals surface area (Å²) in [5, 5.41) is 11.2. The van der Waals surface area contributed by atoms with E-state index in [0.29, 0.717) is 4.90 Å². The van der Waals surface area contributed by atoms with Crippen molar-refractivity contribution in [3.05, 3.63) is 106 Å². The second kappa shape index (κ2) is 10.9. The molecule has 0 aliphatic carbocycles. The first-order valence-corrected chi connectivity index (χ1v) is 11.3. The smallest absolute Gasteiger partial charge is 0.258 e. The Kier molecular flexibility index (Phi) is 8.02. The van der Waals surface area contributed by atoms with Crippen molar-refractivity contribution in [1.82, 2.24) is 0 Å². The number of thioether (sulfide) groups is 2. The standard InChI is InChI=1S/C21H18N2O2S3/c24-23(25)19-13-7-8-14-20(19)28-22-21(26-15-17-9-3-1-4-10-17)27-16-18-11-5-2-6-12-18/h1-14H,15-16H2. The average Bonchev–Trinajstić information content (AvgIpc) is 2.75. The molecule has 28 heavy (non-hydrogen) atoms. The zero-order valence-electron chi connectivity index (χ0n) is 14.9. The Hall–Kier alpha value is -2.22. The molecule has 0 atom stereocenters. The SMILES string of the molecule is O=[N+]([O-])c1ccccc1SN=C(SCc1ccccc1)SCc1ccccc1. The van der Waals surface area contributed by atoms with Crippen LogP contribution in [0.5, 0.6) is 0 Å². The van der Waals surface area contributed by atoms with Gasteiger partial charge in [0.25, 0.3) is 5.69 Å². The largest absolute Gasteiger partial charge is 0.284 e. The molecule has 3 aromatic carbocycles. The maximum absolute atomic E-state index is 11.2. The molecule has 0 fully saturated rings. The van der Waals surface area contributed by atoms with Crippen LogP contribution in [-0.2, 0) is 11.5 Å². The van der Waals surface area contributed by atoms with Gasteiger partial charge in [-0.05, 0) is 17.2 Å². The van der Waals surface area contributed by atoms with Crippen molar-refractivity contribution in [2.45, 2.75) is 16.4 Å². The molecule has 0 aromatic heterocycles. The van der Waals surface area contributed by atoms with Crippen LogP contribution >= 0.6 is 35.5 Å². The van der Waals surface area contributed by atoms with E-state index < -0.39 is 0 Å². The van der Waals surface area contributed by atoms with E-state index in [9.17, 15) is 10.1 Å². The van der Waals surface area contributed by atoms with E-state index in [2.05, 4.69) is 28.7 Å². The first-order chi connectivity index (χ1) is 13.7. The van der Waals surface area contributed by atoms with Gasteiger partial charge in [-0.3, -0.25) is 10.1 Å². The number of nitrogens with zero attached hydrogens (tertiary/aromatic N) is 2. The molecule has 0 aliphatic heterocycles. The Morgan fingerprint density at radius 2 is 1.29 bits per heavy atom. The average molecular weight is 427 g/mol. The van der Waals surface area contributed by atoms with Gasteiger partial charge < -0.3 is 0 Å². The maximum Gasteiger partial charge on any atom is 0.284 e. The number of hydrogen-bond donors (Lipinski definition) is 0. The molecule has 0 bridgehead atoms. The van der Waals surface area contributed by atoms with Crippen molar-refractivity contribution in [3.63, 3.8) is 0 Å². The van der Waals surface area contributed by atoms with E-state index in [0.717, 1.165) is 27.8 Å². The van der Waals surface area contributed by atoms with Gasteiger partial charge >= 0.3 is 0 Å². The number of rotatable bonds is 7. The van der Waals surface area contributed by atoms with Gasteiger partial charge in [0.05, 0.1) is 4.92 Å². The highest BCUT2D eigenvalue weighted by Gasteiger charge is 2.13. The maximum atomic E-state index is 11.2. The summed E-state index contributed by atoms with van der Waals surface area (Å²) >= 11 is 4.46. The second-order valence-corrected chi connectivity index (χ2v) is 8.71. The molecule has 142 valence electrons. The van der Waals surface area contributed by atoms with Gasteiger partial charge in [-0.2, -0.15) is 4.40 Å². The molecule has 0 saturated heterocycles. The fourth-order valence-corrected chi connectivity index (χ4v) is 5.15. The molecule has 7 heteroatoms. The Morgan fingerprint density at radius 1 is 0.786 bits per heavy atom. The Bertz CT molecular complexity index is 889. The first kappa shape index (κ1) is 20.5. The van der Waals surface area contributed by atoms with E-state index in [-0.39, 0.29) is 10.6 Å². The van der Waals surface area contributed by atoms with E-state index in [4.69, 9.17) is 0 Å². The lowest BCUT2D eigenvalue weighted by molar-refractivity contribution is -0.387. The van der Waals surface area contributed by atoms with Gasteiger partial charge in [-0.15, -0.1) is 0 Å². The fourth-order valence-electron chi connectivity index (χ4n) is 2.30. The summed E-state index contributed by atoms with van der Waals surface area (Å²) in [6, 6.07) is 27.1. The van der Waals surface area contributed by atoms with Gasteiger partial charge in [0.15, 0.2) is 0 Å². The van der Waals surface area contributed by atoms with Crippen molar-refractivity contribution in [3.8, 4) is 0 Å². The quantitative estimate of drug-likeness (QED) is 0.136. The van der Waals surface area contributed by atoms with Gasteiger partial charge in [0.2, 0.25) is 0 Å². The zero-order chi connectivity index (χ0) is 19.6. The number of nitro benzene ring substituents is 1. The van der Waals surface area contributed by atoms with E-state index in [1.807, 2.05) is 36.4 Å². The molecule has 0 saturated carbocycles. The first-order valence-electron chi connectivity index (χ1n) is 8.54. The molecule has 0 unspecified atom stereocenters. The highest BCUT2D eigenvalue weighted by molar-refractivity contribution is 8.38. The normalized spacial score (nSPS) is 10.4. The minimum atomic E-state index is -0.369. The molecule has 0 radical (unpaired) electrons. The summed E-state index contributed by atoms with van der Waals surface area (Å²) in [4.78, 5) is 11.4. The highest BCUT2D eigenvalue weighted by Crippen LogP contribution is 2.33. The van der Waals surface area contributed by atoms with E-state index in [1.54, 1.807) is 41.7 Å². The monoisotopic (exact) mass is 426 g/mol. The highest BCUT2D eigenvalue weighted by atomic mass is 32.2.